The molecule has 7 heteroatoms. The maximum atomic E-state index is 12.1. The van der Waals surface area contributed by atoms with Crippen LogP contribution in [-0.2, 0) is 20.7 Å². The third kappa shape index (κ3) is 5.93. The molecule has 22 heavy (non-hydrogen) atoms. The van der Waals surface area contributed by atoms with Crippen LogP contribution < -0.4 is 4.74 Å². The maximum absolute atomic E-state index is 12.1. The van der Waals surface area contributed by atoms with Crippen molar-refractivity contribution >= 4 is 5.97 Å². The molecule has 0 saturated carbocycles. The van der Waals surface area contributed by atoms with Crippen molar-refractivity contribution in [3.8, 4) is 5.75 Å². The van der Waals surface area contributed by atoms with E-state index in [1.54, 1.807) is 6.07 Å². The number of halogens is 3. The zero-order chi connectivity index (χ0) is 16.0. The van der Waals surface area contributed by atoms with Crippen molar-refractivity contribution in [1.29, 1.82) is 0 Å². The number of alkyl halides is 3. The molecule has 1 heterocycles. The number of carbonyl (C=O) groups is 1. The van der Waals surface area contributed by atoms with E-state index in [1.165, 1.54) is 18.2 Å². The number of hydrogen-bond acceptors (Lipinski definition) is 4. The molecule has 1 aromatic rings. The van der Waals surface area contributed by atoms with Crippen LogP contribution in [0.5, 0.6) is 5.75 Å². The first-order chi connectivity index (χ1) is 10.4. The van der Waals surface area contributed by atoms with Crippen LogP contribution in [0.3, 0.4) is 0 Å². The Hall–Kier alpha value is -1.76. The second-order valence-electron chi connectivity index (χ2n) is 5.02. The average Bonchev–Trinajstić information content (AvgIpc) is 2.90. The van der Waals surface area contributed by atoms with Gasteiger partial charge in [-0.1, -0.05) is 12.1 Å². The molecular weight excluding hydrogens is 301 g/mol. The minimum absolute atomic E-state index is 0.0966. The van der Waals surface area contributed by atoms with Gasteiger partial charge in [0.15, 0.2) is 0 Å². The van der Waals surface area contributed by atoms with Crippen molar-refractivity contribution in [2.45, 2.75) is 38.1 Å². The molecule has 4 nitrogen and oxygen atoms in total. The predicted molar refractivity (Wildman–Crippen MR) is 71.4 cm³/mol. The molecule has 1 aliphatic rings. The Balaban J connectivity index is 1.77. The van der Waals surface area contributed by atoms with E-state index in [9.17, 15) is 18.0 Å². The first kappa shape index (κ1) is 16.6. The summed E-state index contributed by atoms with van der Waals surface area (Å²) < 4.78 is 50.6. The fourth-order valence-corrected chi connectivity index (χ4v) is 2.25. The van der Waals surface area contributed by atoms with E-state index in [0.717, 1.165) is 19.4 Å². The third-order valence-electron chi connectivity index (χ3n) is 3.21. The van der Waals surface area contributed by atoms with Gasteiger partial charge in [0.1, 0.15) is 5.75 Å². The van der Waals surface area contributed by atoms with Gasteiger partial charge in [0.25, 0.3) is 0 Å². The zero-order valence-corrected chi connectivity index (χ0v) is 11.9. The van der Waals surface area contributed by atoms with Crippen molar-refractivity contribution in [3.63, 3.8) is 0 Å². The van der Waals surface area contributed by atoms with Gasteiger partial charge in [-0.05, 0) is 30.5 Å². The molecule has 0 spiro atoms. The summed E-state index contributed by atoms with van der Waals surface area (Å²) in [5, 5.41) is 0. The van der Waals surface area contributed by atoms with Crippen LogP contribution in [0.25, 0.3) is 0 Å². The van der Waals surface area contributed by atoms with Gasteiger partial charge in [0, 0.05) is 13.0 Å². The second kappa shape index (κ2) is 7.49. The van der Waals surface area contributed by atoms with Crippen molar-refractivity contribution in [2.24, 2.45) is 0 Å². The molecule has 0 N–H and O–H groups in total. The maximum Gasteiger partial charge on any atom is 0.573 e. The van der Waals surface area contributed by atoms with Crippen LogP contribution in [0.2, 0.25) is 0 Å². The van der Waals surface area contributed by atoms with E-state index in [4.69, 9.17) is 9.47 Å². The van der Waals surface area contributed by atoms with Crippen LogP contribution in [-0.4, -0.2) is 31.6 Å². The van der Waals surface area contributed by atoms with Crippen LogP contribution in [0.1, 0.15) is 24.8 Å². The molecule has 0 amide bonds. The molecule has 1 aromatic carbocycles. The fourth-order valence-electron chi connectivity index (χ4n) is 2.25. The summed E-state index contributed by atoms with van der Waals surface area (Å²) in [6.45, 7) is 0.993. The summed E-state index contributed by atoms with van der Waals surface area (Å²) >= 11 is 0. The lowest BCUT2D eigenvalue weighted by atomic mass is 10.1. The largest absolute Gasteiger partial charge is 0.573 e. The van der Waals surface area contributed by atoms with E-state index < -0.39 is 12.3 Å². The summed E-state index contributed by atoms with van der Waals surface area (Å²) in [5.74, 6) is -0.834. The molecule has 122 valence electrons. The van der Waals surface area contributed by atoms with Crippen LogP contribution in [0.15, 0.2) is 24.3 Å². The van der Waals surface area contributed by atoms with Gasteiger partial charge in [-0.2, -0.15) is 0 Å². The number of ether oxygens (including phenoxy) is 3. The van der Waals surface area contributed by atoms with Gasteiger partial charge in [-0.25, -0.2) is 0 Å². The summed E-state index contributed by atoms with van der Waals surface area (Å²) in [7, 11) is 0. The summed E-state index contributed by atoms with van der Waals surface area (Å²) in [6.07, 6.45) is -2.08. The minimum atomic E-state index is -4.75. The van der Waals surface area contributed by atoms with E-state index in [-0.39, 0.29) is 24.9 Å². The van der Waals surface area contributed by atoms with E-state index in [2.05, 4.69) is 4.74 Å². The average molecular weight is 318 g/mol. The lowest BCUT2D eigenvalue weighted by Crippen LogP contribution is -2.17. The SMILES string of the molecule is O=C(Cc1cccc(OC(F)(F)F)c1)OCC[C@H]1CCCO1. The quantitative estimate of drug-likeness (QED) is 0.755. The Bertz CT molecular complexity index is 496. The van der Waals surface area contributed by atoms with Crippen molar-refractivity contribution in [1.82, 2.24) is 0 Å². The Morgan fingerprint density at radius 2 is 2.18 bits per heavy atom. The van der Waals surface area contributed by atoms with Gasteiger partial charge in [-0.15, -0.1) is 13.2 Å². The van der Waals surface area contributed by atoms with Gasteiger partial charge in [0.05, 0.1) is 19.1 Å². The van der Waals surface area contributed by atoms with Gasteiger partial charge in [-0.3, -0.25) is 4.79 Å². The Kier molecular flexibility index (Phi) is 5.65. The highest BCUT2D eigenvalue weighted by Gasteiger charge is 2.31. The topological polar surface area (TPSA) is 44.8 Å². The highest BCUT2D eigenvalue weighted by molar-refractivity contribution is 5.72. The molecule has 1 saturated heterocycles. The smallest absolute Gasteiger partial charge is 0.465 e. The number of hydrogen-bond donors (Lipinski definition) is 0. The zero-order valence-electron chi connectivity index (χ0n) is 11.9. The van der Waals surface area contributed by atoms with E-state index in [0.29, 0.717) is 12.0 Å². The molecule has 0 aliphatic carbocycles. The molecule has 0 unspecified atom stereocenters. The normalized spacial score (nSPS) is 18.2. The number of benzene rings is 1. The summed E-state index contributed by atoms with van der Waals surface area (Å²) in [5.41, 5.74) is 0.406. The molecule has 1 atom stereocenters. The fraction of sp³-hybridized carbons (Fsp3) is 0.533. The third-order valence-corrected chi connectivity index (χ3v) is 3.21. The predicted octanol–water partition coefficient (Wildman–Crippen LogP) is 3.24. The lowest BCUT2D eigenvalue weighted by molar-refractivity contribution is -0.274. The molecule has 1 aliphatic heterocycles. The standard InChI is InChI=1S/C15H17F3O4/c16-15(17,18)22-13-4-1-3-11(9-13)10-14(19)21-8-6-12-5-2-7-20-12/h1,3-4,9,12H,2,5-8,10H2/t12-/m1/s1. The summed E-state index contributed by atoms with van der Waals surface area (Å²) in [6, 6.07) is 5.30. The van der Waals surface area contributed by atoms with Crippen LogP contribution in [0.4, 0.5) is 13.2 Å². The number of rotatable bonds is 6. The molecule has 0 bridgehead atoms. The Labute approximate surface area is 126 Å². The van der Waals surface area contributed by atoms with Gasteiger partial charge in [0.2, 0.25) is 0 Å². The summed E-state index contributed by atoms with van der Waals surface area (Å²) in [4.78, 5) is 11.7. The monoisotopic (exact) mass is 318 g/mol. The van der Waals surface area contributed by atoms with Crippen molar-refractivity contribution < 1.29 is 32.2 Å². The lowest BCUT2D eigenvalue weighted by Gasteiger charge is -2.11. The van der Waals surface area contributed by atoms with E-state index in [1.807, 2.05) is 0 Å². The first-order valence-corrected chi connectivity index (χ1v) is 7.04. The van der Waals surface area contributed by atoms with Crippen LogP contribution >= 0.6 is 0 Å². The number of carbonyl (C=O) groups excluding carboxylic acids is 1. The highest BCUT2D eigenvalue weighted by atomic mass is 19.4. The molecule has 2 rings (SSSR count). The van der Waals surface area contributed by atoms with Crippen molar-refractivity contribution in [2.75, 3.05) is 13.2 Å². The Morgan fingerprint density at radius 1 is 1.36 bits per heavy atom. The molecule has 0 radical (unpaired) electrons. The minimum Gasteiger partial charge on any atom is -0.465 e. The van der Waals surface area contributed by atoms with Gasteiger partial charge >= 0.3 is 12.3 Å². The second-order valence-corrected chi connectivity index (χ2v) is 5.02. The van der Waals surface area contributed by atoms with Crippen molar-refractivity contribution in [3.05, 3.63) is 29.8 Å². The highest BCUT2D eigenvalue weighted by Crippen LogP contribution is 2.23. The van der Waals surface area contributed by atoms with Gasteiger partial charge < -0.3 is 14.2 Å². The molecular formula is C15H17F3O4. The first-order valence-electron chi connectivity index (χ1n) is 7.04. The number of esters is 1. The Morgan fingerprint density at radius 3 is 2.86 bits per heavy atom. The van der Waals surface area contributed by atoms with E-state index >= 15 is 0 Å². The molecule has 1 fully saturated rings. The van der Waals surface area contributed by atoms with Crippen LogP contribution in [0, 0.1) is 0 Å². The molecule has 0 aromatic heterocycles.